The molecule has 20 heavy (non-hydrogen) atoms. The van der Waals surface area contributed by atoms with Crippen molar-refractivity contribution < 1.29 is 14.3 Å². The standard InChI is InChI=1S/C14H10FIN2O2/c15-13-6-3-11(16)7-10(13)8-17-18-12-4-1-9(2-5-12)14(19)20/h1-8,18H,(H,19,20)/b17-8+. The zero-order valence-electron chi connectivity index (χ0n) is 10.2. The molecule has 0 saturated carbocycles. The molecule has 2 aromatic carbocycles. The van der Waals surface area contributed by atoms with Crippen molar-refractivity contribution in [3.05, 3.63) is 63.0 Å². The highest BCUT2D eigenvalue weighted by molar-refractivity contribution is 14.1. The molecule has 0 heterocycles. The van der Waals surface area contributed by atoms with Gasteiger partial charge >= 0.3 is 5.97 Å². The van der Waals surface area contributed by atoms with Crippen LogP contribution in [0.25, 0.3) is 0 Å². The number of anilines is 1. The fraction of sp³-hybridized carbons (Fsp3) is 0. The van der Waals surface area contributed by atoms with Crippen LogP contribution in [0.1, 0.15) is 15.9 Å². The summed E-state index contributed by atoms with van der Waals surface area (Å²) in [7, 11) is 0. The Balaban J connectivity index is 2.06. The van der Waals surface area contributed by atoms with Crippen molar-refractivity contribution in [1.29, 1.82) is 0 Å². The van der Waals surface area contributed by atoms with Crippen LogP contribution in [0.4, 0.5) is 10.1 Å². The van der Waals surface area contributed by atoms with Crippen LogP contribution in [0.15, 0.2) is 47.6 Å². The third kappa shape index (κ3) is 3.77. The largest absolute Gasteiger partial charge is 0.478 e. The third-order valence-electron chi connectivity index (χ3n) is 2.49. The van der Waals surface area contributed by atoms with Gasteiger partial charge in [0.1, 0.15) is 5.82 Å². The Morgan fingerprint density at radius 2 is 1.95 bits per heavy atom. The lowest BCUT2D eigenvalue weighted by Gasteiger charge is -2.01. The molecule has 0 atom stereocenters. The molecule has 2 aromatic rings. The molecule has 0 aliphatic rings. The van der Waals surface area contributed by atoms with E-state index in [1.54, 1.807) is 24.3 Å². The number of hydrogen-bond donors (Lipinski definition) is 2. The van der Waals surface area contributed by atoms with Crippen LogP contribution < -0.4 is 5.43 Å². The Bertz CT molecular complexity index is 657. The maximum atomic E-state index is 13.4. The molecule has 0 fully saturated rings. The first kappa shape index (κ1) is 14.4. The normalized spacial score (nSPS) is 10.7. The van der Waals surface area contributed by atoms with Gasteiger partial charge in [0.15, 0.2) is 0 Å². The van der Waals surface area contributed by atoms with Crippen molar-refractivity contribution in [2.24, 2.45) is 5.10 Å². The van der Waals surface area contributed by atoms with Crippen LogP contribution in [0.3, 0.4) is 0 Å². The van der Waals surface area contributed by atoms with E-state index >= 15 is 0 Å². The molecule has 0 spiro atoms. The molecule has 0 aliphatic carbocycles. The number of carbonyl (C=O) groups is 1. The summed E-state index contributed by atoms with van der Waals surface area (Å²) < 4.78 is 14.4. The van der Waals surface area contributed by atoms with Crippen molar-refractivity contribution in [2.75, 3.05) is 5.43 Å². The number of aromatic carboxylic acids is 1. The average Bonchev–Trinajstić information content (AvgIpc) is 2.43. The third-order valence-corrected chi connectivity index (χ3v) is 3.16. The van der Waals surface area contributed by atoms with E-state index in [1.165, 1.54) is 24.4 Å². The van der Waals surface area contributed by atoms with Crippen LogP contribution in [-0.2, 0) is 0 Å². The first-order valence-electron chi connectivity index (χ1n) is 5.64. The highest BCUT2D eigenvalue weighted by atomic mass is 127. The van der Waals surface area contributed by atoms with E-state index in [9.17, 15) is 9.18 Å². The van der Waals surface area contributed by atoms with E-state index in [0.717, 1.165) is 3.57 Å². The maximum Gasteiger partial charge on any atom is 0.335 e. The predicted molar refractivity (Wildman–Crippen MR) is 83.7 cm³/mol. The van der Waals surface area contributed by atoms with Gasteiger partial charge in [-0.05, 0) is 65.1 Å². The van der Waals surface area contributed by atoms with Crippen LogP contribution >= 0.6 is 22.6 Å². The van der Waals surface area contributed by atoms with Gasteiger partial charge in [-0.15, -0.1) is 0 Å². The molecule has 2 rings (SSSR count). The van der Waals surface area contributed by atoms with Gasteiger partial charge in [-0.1, -0.05) is 0 Å². The van der Waals surface area contributed by atoms with Crippen LogP contribution in [0, 0.1) is 9.39 Å². The molecule has 0 bridgehead atoms. The SMILES string of the molecule is O=C(O)c1ccc(N/N=C/c2cc(I)ccc2F)cc1. The minimum atomic E-state index is -0.985. The molecule has 2 N–H and O–H groups in total. The zero-order chi connectivity index (χ0) is 14.5. The van der Waals surface area contributed by atoms with E-state index in [2.05, 4.69) is 33.1 Å². The summed E-state index contributed by atoms with van der Waals surface area (Å²) in [5, 5.41) is 12.7. The van der Waals surface area contributed by atoms with Gasteiger partial charge in [-0.2, -0.15) is 5.10 Å². The smallest absolute Gasteiger partial charge is 0.335 e. The number of carboxylic acid groups (broad SMARTS) is 1. The monoisotopic (exact) mass is 384 g/mol. The summed E-state index contributed by atoms with van der Waals surface area (Å²) >= 11 is 2.09. The number of hydrogen-bond acceptors (Lipinski definition) is 3. The molecule has 0 unspecified atom stereocenters. The second-order valence-electron chi connectivity index (χ2n) is 3.92. The molecule has 0 radical (unpaired) electrons. The highest BCUT2D eigenvalue weighted by Gasteiger charge is 2.01. The molecule has 102 valence electrons. The molecule has 0 saturated heterocycles. The number of halogens is 2. The van der Waals surface area contributed by atoms with E-state index in [1.807, 2.05) is 0 Å². The fourth-order valence-electron chi connectivity index (χ4n) is 1.48. The Hall–Kier alpha value is -1.96. The molecular weight excluding hydrogens is 374 g/mol. The lowest BCUT2D eigenvalue weighted by Crippen LogP contribution is -1.97. The van der Waals surface area contributed by atoms with Gasteiger partial charge < -0.3 is 5.11 Å². The first-order valence-corrected chi connectivity index (χ1v) is 6.71. The van der Waals surface area contributed by atoms with Crippen molar-refractivity contribution in [3.63, 3.8) is 0 Å². The topological polar surface area (TPSA) is 61.7 Å². The number of nitrogens with one attached hydrogen (secondary N) is 1. The predicted octanol–water partition coefficient (Wildman–Crippen LogP) is 3.57. The van der Waals surface area contributed by atoms with Crippen molar-refractivity contribution in [2.45, 2.75) is 0 Å². The van der Waals surface area contributed by atoms with Gasteiger partial charge in [0.25, 0.3) is 0 Å². The van der Waals surface area contributed by atoms with Crippen LogP contribution in [-0.4, -0.2) is 17.3 Å². The van der Waals surface area contributed by atoms with Gasteiger partial charge in [0.2, 0.25) is 0 Å². The number of hydrazone groups is 1. The molecule has 0 aliphatic heterocycles. The second-order valence-corrected chi connectivity index (χ2v) is 5.16. The van der Waals surface area contributed by atoms with Gasteiger partial charge in [0, 0.05) is 9.13 Å². The summed E-state index contributed by atoms with van der Waals surface area (Å²) in [6.07, 6.45) is 1.38. The van der Waals surface area contributed by atoms with Crippen LogP contribution in [0.5, 0.6) is 0 Å². The Morgan fingerprint density at radius 1 is 1.25 bits per heavy atom. The van der Waals surface area contributed by atoms with Crippen molar-refractivity contribution in [1.82, 2.24) is 0 Å². The number of carboxylic acids is 1. The Labute approximate surface area is 128 Å². The summed E-state index contributed by atoms with van der Waals surface area (Å²) in [5.41, 5.74) is 3.91. The molecule has 0 aromatic heterocycles. The number of nitrogens with zero attached hydrogens (tertiary/aromatic N) is 1. The minimum absolute atomic E-state index is 0.197. The van der Waals surface area contributed by atoms with Gasteiger partial charge in [-0.25, -0.2) is 9.18 Å². The van der Waals surface area contributed by atoms with Crippen molar-refractivity contribution in [3.8, 4) is 0 Å². The van der Waals surface area contributed by atoms with Crippen LogP contribution in [0.2, 0.25) is 0 Å². The van der Waals surface area contributed by atoms with E-state index in [-0.39, 0.29) is 11.4 Å². The second kappa shape index (κ2) is 6.47. The summed E-state index contributed by atoms with van der Waals surface area (Å²) in [6.45, 7) is 0. The minimum Gasteiger partial charge on any atom is -0.478 e. The molecule has 4 nitrogen and oxygen atoms in total. The summed E-state index contributed by atoms with van der Waals surface area (Å²) in [4.78, 5) is 10.7. The van der Waals surface area contributed by atoms with Crippen molar-refractivity contribution >= 4 is 40.5 Å². The average molecular weight is 384 g/mol. The van der Waals surface area contributed by atoms with Gasteiger partial charge in [-0.3, -0.25) is 5.43 Å². The fourth-order valence-corrected chi connectivity index (χ4v) is 1.99. The zero-order valence-corrected chi connectivity index (χ0v) is 12.3. The molecule has 6 heteroatoms. The summed E-state index contributed by atoms with van der Waals surface area (Å²) in [5.74, 6) is -1.34. The van der Waals surface area contributed by atoms with E-state index < -0.39 is 5.97 Å². The molecular formula is C14H10FIN2O2. The first-order chi connectivity index (χ1) is 9.56. The van der Waals surface area contributed by atoms with E-state index in [4.69, 9.17) is 5.11 Å². The van der Waals surface area contributed by atoms with Gasteiger partial charge in [0.05, 0.1) is 17.5 Å². The Kier molecular flexibility index (Phi) is 4.67. The Morgan fingerprint density at radius 3 is 2.60 bits per heavy atom. The lowest BCUT2D eigenvalue weighted by atomic mass is 10.2. The summed E-state index contributed by atoms with van der Waals surface area (Å²) in [6, 6.07) is 10.8. The quantitative estimate of drug-likeness (QED) is 0.481. The van der Waals surface area contributed by atoms with E-state index in [0.29, 0.717) is 11.3 Å². The lowest BCUT2D eigenvalue weighted by molar-refractivity contribution is 0.0697. The maximum absolute atomic E-state index is 13.4. The highest BCUT2D eigenvalue weighted by Crippen LogP contribution is 2.12. The number of rotatable bonds is 4. The number of benzene rings is 2. The molecule has 0 amide bonds.